The summed E-state index contributed by atoms with van der Waals surface area (Å²) in [6.07, 6.45) is 1.02. The molecule has 0 radical (unpaired) electrons. The van der Waals surface area contributed by atoms with Gasteiger partial charge in [-0.3, -0.25) is 13.9 Å². The van der Waals surface area contributed by atoms with Crippen molar-refractivity contribution in [2.24, 2.45) is 0 Å². The van der Waals surface area contributed by atoms with Crippen molar-refractivity contribution >= 4 is 39.1 Å². The van der Waals surface area contributed by atoms with Crippen LogP contribution in [0.5, 0.6) is 5.75 Å². The highest BCUT2D eigenvalue weighted by Crippen LogP contribution is 2.22. The van der Waals surface area contributed by atoms with E-state index in [9.17, 15) is 18.0 Å². The highest BCUT2D eigenvalue weighted by molar-refractivity contribution is 7.92. The van der Waals surface area contributed by atoms with Crippen molar-refractivity contribution in [2.45, 2.75) is 19.5 Å². The number of nitrogens with one attached hydrogen (secondary N) is 1. The summed E-state index contributed by atoms with van der Waals surface area (Å²) in [4.78, 5) is 26.8. The van der Waals surface area contributed by atoms with Crippen molar-refractivity contribution in [3.8, 4) is 5.75 Å². The molecule has 0 aliphatic heterocycles. The van der Waals surface area contributed by atoms with Crippen LogP contribution in [-0.4, -0.2) is 58.1 Å². The van der Waals surface area contributed by atoms with E-state index in [-0.39, 0.29) is 12.5 Å². The first-order chi connectivity index (χ1) is 14.6. The van der Waals surface area contributed by atoms with E-state index in [1.807, 2.05) is 0 Å². The van der Waals surface area contributed by atoms with Gasteiger partial charge in [0.05, 0.1) is 19.1 Å². The second-order valence-corrected chi connectivity index (χ2v) is 9.25. The van der Waals surface area contributed by atoms with Gasteiger partial charge >= 0.3 is 0 Å². The Labute approximate surface area is 187 Å². The molecule has 0 aromatic heterocycles. The average molecular weight is 468 g/mol. The molecule has 0 spiro atoms. The lowest BCUT2D eigenvalue weighted by molar-refractivity contribution is -0.139. The van der Waals surface area contributed by atoms with Crippen molar-refractivity contribution in [2.75, 3.05) is 31.3 Å². The van der Waals surface area contributed by atoms with Crippen molar-refractivity contribution in [3.05, 3.63) is 59.1 Å². The molecule has 10 heteroatoms. The van der Waals surface area contributed by atoms with Crippen LogP contribution >= 0.6 is 11.6 Å². The largest absolute Gasteiger partial charge is 0.497 e. The van der Waals surface area contributed by atoms with E-state index in [1.165, 1.54) is 19.1 Å². The zero-order valence-corrected chi connectivity index (χ0v) is 19.4. The molecule has 0 heterocycles. The van der Waals surface area contributed by atoms with Crippen molar-refractivity contribution in [1.82, 2.24) is 10.2 Å². The molecule has 0 bridgehead atoms. The topological polar surface area (TPSA) is 96.0 Å². The maximum atomic E-state index is 13.2. The number of hydrogen-bond acceptors (Lipinski definition) is 5. The van der Waals surface area contributed by atoms with Gasteiger partial charge in [0, 0.05) is 18.6 Å². The van der Waals surface area contributed by atoms with Crippen molar-refractivity contribution in [3.63, 3.8) is 0 Å². The van der Waals surface area contributed by atoms with Gasteiger partial charge < -0.3 is 15.0 Å². The molecule has 1 atom stereocenters. The van der Waals surface area contributed by atoms with E-state index in [0.717, 1.165) is 16.1 Å². The Bertz CT molecular complexity index is 1010. The summed E-state index contributed by atoms with van der Waals surface area (Å²) in [5.74, 6) is -0.328. The van der Waals surface area contributed by atoms with E-state index >= 15 is 0 Å². The molecule has 2 rings (SSSR count). The molecular weight excluding hydrogens is 442 g/mol. The third-order valence-corrected chi connectivity index (χ3v) is 6.11. The molecule has 0 aliphatic carbocycles. The summed E-state index contributed by atoms with van der Waals surface area (Å²) in [5.41, 5.74) is 1.07. The number of amides is 2. The smallest absolute Gasteiger partial charge is 0.244 e. The first kappa shape index (κ1) is 24.5. The van der Waals surface area contributed by atoms with E-state index in [2.05, 4.69) is 5.32 Å². The molecule has 0 unspecified atom stereocenters. The van der Waals surface area contributed by atoms with Gasteiger partial charge in [-0.05, 0) is 48.9 Å². The van der Waals surface area contributed by atoms with Gasteiger partial charge in [0.2, 0.25) is 21.8 Å². The van der Waals surface area contributed by atoms with E-state index < -0.39 is 28.5 Å². The number of benzene rings is 2. The predicted octanol–water partition coefficient (Wildman–Crippen LogP) is 2.28. The van der Waals surface area contributed by atoms with Crippen LogP contribution in [0, 0.1) is 0 Å². The fourth-order valence-corrected chi connectivity index (χ4v) is 3.92. The van der Waals surface area contributed by atoms with Crippen LogP contribution in [-0.2, 0) is 26.2 Å². The summed E-state index contributed by atoms with van der Waals surface area (Å²) in [5, 5.41) is 3.07. The summed E-state index contributed by atoms with van der Waals surface area (Å²) >= 11 is 5.93. The van der Waals surface area contributed by atoms with Gasteiger partial charge in [0.1, 0.15) is 18.3 Å². The SMILES string of the molecule is CNC(=O)[C@H](C)N(Cc1ccc(Cl)cc1)C(=O)CN(c1ccc(OC)cc1)S(C)(=O)=O. The van der Waals surface area contributed by atoms with Gasteiger partial charge in [-0.1, -0.05) is 23.7 Å². The number of likely N-dealkylation sites (N-methyl/N-ethyl adjacent to an activating group) is 1. The Hall–Kier alpha value is -2.78. The number of nitrogens with zero attached hydrogens (tertiary/aromatic N) is 2. The molecule has 2 aromatic rings. The summed E-state index contributed by atoms with van der Waals surface area (Å²) in [7, 11) is -0.791. The number of rotatable bonds is 9. The number of ether oxygens (including phenoxy) is 1. The lowest BCUT2D eigenvalue weighted by Crippen LogP contribution is -2.50. The Kier molecular flexibility index (Phi) is 8.29. The Balaban J connectivity index is 2.35. The highest BCUT2D eigenvalue weighted by atomic mass is 35.5. The minimum Gasteiger partial charge on any atom is -0.497 e. The van der Waals surface area contributed by atoms with Gasteiger partial charge in [-0.2, -0.15) is 0 Å². The zero-order valence-electron chi connectivity index (χ0n) is 17.8. The third kappa shape index (κ3) is 6.60. The quantitative estimate of drug-likeness (QED) is 0.610. The van der Waals surface area contributed by atoms with Crippen molar-refractivity contribution < 1.29 is 22.7 Å². The second kappa shape index (κ2) is 10.5. The number of sulfonamides is 1. The molecule has 1 N–H and O–H groups in total. The van der Waals surface area contributed by atoms with Gasteiger partial charge in [-0.15, -0.1) is 0 Å². The van der Waals surface area contributed by atoms with E-state index in [4.69, 9.17) is 16.3 Å². The number of methoxy groups -OCH3 is 1. The summed E-state index contributed by atoms with van der Waals surface area (Å²) in [6, 6.07) is 12.4. The first-order valence-corrected chi connectivity index (χ1v) is 11.7. The standard InChI is InChI=1S/C21H26ClN3O5S/c1-15(21(27)23-2)24(13-16-5-7-17(22)8-6-16)20(26)14-25(31(4,28)29)18-9-11-19(30-3)12-10-18/h5-12,15H,13-14H2,1-4H3,(H,23,27)/t15-/m0/s1. The predicted molar refractivity (Wildman–Crippen MR) is 121 cm³/mol. The average Bonchev–Trinajstić information content (AvgIpc) is 2.75. The number of halogens is 1. The van der Waals surface area contributed by atoms with Crippen LogP contribution in [0.3, 0.4) is 0 Å². The van der Waals surface area contributed by atoms with E-state index in [0.29, 0.717) is 16.5 Å². The van der Waals surface area contributed by atoms with Crippen LogP contribution in [0.4, 0.5) is 5.69 Å². The number of carbonyl (C=O) groups excluding carboxylic acids is 2. The summed E-state index contributed by atoms with van der Waals surface area (Å²) < 4.78 is 31.0. The highest BCUT2D eigenvalue weighted by Gasteiger charge is 2.29. The lowest BCUT2D eigenvalue weighted by atomic mass is 10.1. The zero-order chi connectivity index (χ0) is 23.2. The molecular formula is C21H26ClN3O5S. The molecule has 0 aliphatic rings. The minimum atomic E-state index is -3.77. The van der Waals surface area contributed by atoms with Crippen LogP contribution in [0.2, 0.25) is 5.02 Å². The van der Waals surface area contributed by atoms with Crippen LogP contribution in [0.15, 0.2) is 48.5 Å². The Morgan fingerprint density at radius 3 is 2.16 bits per heavy atom. The van der Waals surface area contributed by atoms with Crippen molar-refractivity contribution in [1.29, 1.82) is 0 Å². The molecule has 2 amide bonds. The monoisotopic (exact) mass is 467 g/mol. The first-order valence-electron chi connectivity index (χ1n) is 9.44. The number of hydrogen-bond donors (Lipinski definition) is 1. The maximum Gasteiger partial charge on any atom is 0.244 e. The van der Waals surface area contributed by atoms with Crippen LogP contribution < -0.4 is 14.4 Å². The van der Waals surface area contributed by atoms with Crippen LogP contribution in [0.25, 0.3) is 0 Å². The normalized spacial score (nSPS) is 12.0. The van der Waals surface area contributed by atoms with Crippen LogP contribution in [0.1, 0.15) is 12.5 Å². The fraction of sp³-hybridized carbons (Fsp3) is 0.333. The molecule has 0 fully saturated rings. The minimum absolute atomic E-state index is 0.116. The molecule has 2 aromatic carbocycles. The molecule has 0 saturated carbocycles. The Morgan fingerprint density at radius 2 is 1.68 bits per heavy atom. The molecule has 168 valence electrons. The number of carbonyl (C=O) groups is 2. The lowest BCUT2D eigenvalue weighted by Gasteiger charge is -2.31. The Morgan fingerprint density at radius 1 is 1.10 bits per heavy atom. The summed E-state index contributed by atoms with van der Waals surface area (Å²) in [6.45, 7) is 1.25. The third-order valence-electron chi connectivity index (χ3n) is 4.72. The van der Waals surface area contributed by atoms with Gasteiger partial charge in [0.15, 0.2) is 0 Å². The van der Waals surface area contributed by atoms with Gasteiger partial charge in [-0.25, -0.2) is 8.42 Å². The van der Waals surface area contributed by atoms with Gasteiger partial charge in [0.25, 0.3) is 0 Å². The maximum absolute atomic E-state index is 13.2. The fourth-order valence-electron chi connectivity index (χ4n) is 2.94. The molecule has 31 heavy (non-hydrogen) atoms. The van der Waals surface area contributed by atoms with E-state index in [1.54, 1.807) is 55.5 Å². The molecule has 0 saturated heterocycles. The number of anilines is 1. The molecule has 8 nitrogen and oxygen atoms in total. The second-order valence-electron chi connectivity index (χ2n) is 6.91.